The van der Waals surface area contributed by atoms with Gasteiger partial charge < -0.3 is 10.1 Å². The van der Waals surface area contributed by atoms with Gasteiger partial charge in [-0.2, -0.15) is 0 Å². The van der Waals surface area contributed by atoms with Crippen LogP contribution in [-0.4, -0.2) is 36.5 Å². The summed E-state index contributed by atoms with van der Waals surface area (Å²) in [6.45, 7) is 5.36. The van der Waals surface area contributed by atoms with Crippen molar-refractivity contribution < 1.29 is 19.1 Å². The molecule has 0 spiro atoms. The number of rotatable bonds is 3. The molecule has 1 aromatic carbocycles. The third-order valence-electron chi connectivity index (χ3n) is 4.98. The van der Waals surface area contributed by atoms with E-state index in [-0.39, 0.29) is 18.4 Å². The van der Waals surface area contributed by atoms with Crippen LogP contribution in [0.1, 0.15) is 18.1 Å². The SMILES string of the molecule is C=CCOC(=O)N[C@]1(C)c2ccccc2C[C@H]2C(=O)N(C)C(=O)[C@H]21. The van der Waals surface area contributed by atoms with Gasteiger partial charge in [-0.25, -0.2) is 4.79 Å². The molecule has 6 heteroatoms. The van der Waals surface area contributed by atoms with Crippen LogP contribution in [0, 0.1) is 11.8 Å². The van der Waals surface area contributed by atoms with E-state index in [0.717, 1.165) is 16.0 Å². The van der Waals surface area contributed by atoms with Crippen molar-refractivity contribution in [3.63, 3.8) is 0 Å². The number of fused-ring (bicyclic) bond motifs is 2. The summed E-state index contributed by atoms with van der Waals surface area (Å²) in [6, 6.07) is 7.56. The van der Waals surface area contributed by atoms with Gasteiger partial charge in [0, 0.05) is 7.05 Å². The highest BCUT2D eigenvalue weighted by Gasteiger charge is 2.58. The Balaban J connectivity index is 2.05. The number of benzene rings is 1. The fourth-order valence-corrected chi connectivity index (χ4v) is 3.87. The van der Waals surface area contributed by atoms with Crippen molar-refractivity contribution in [1.82, 2.24) is 10.2 Å². The molecular weight excluding hydrogens is 308 g/mol. The summed E-state index contributed by atoms with van der Waals surface area (Å²) in [5, 5.41) is 2.82. The van der Waals surface area contributed by atoms with Crippen LogP contribution in [0.3, 0.4) is 0 Å². The van der Waals surface area contributed by atoms with Crippen molar-refractivity contribution in [2.75, 3.05) is 13.7 Å². The van der Waals surface area contributed by atoms with E-state index in [9.17, 15) is 14.4 Å². The predicted octanol–water partition coefficient (Wildman–Crippen LogP) is 1.60. The van der Waals surface area contributed by atoms with Gasteiger partial charge in [0.2, 0.25) is 11.8 Å². The second-order valence-corrected chi connectivity index (χ2v) is 6.40. The van der Waals surface area contributed by atoms with Crippen LogP contribution >= 0.6 is 0 Å². The van der Waals surface area contributed by atoms with Crippen LogP contribution in [0.5, 0.6) is 0 Å². The number of hydrogen-bond acceptors (Lipinski definition) is 4. The maximum Gasteiger partial charge on any atom is 0.408 e. The molecular formula is C18H20N2O4. The number of imide groups is 1. The quantitative estimate of drug-likeness (QED) is 0.675. The Bertz CT molecular complexity index is 729. The van der Waals surface area contributed by atoms with Crippen molar-refractivity contribution >= 4 is 17.9 Å². The summed E-state index contributed by atoms with van der Waals surface area (Å²) >= 11 is 0. The maximum absolute atomic E-state index is 12.7. The van der Waals surface area contributed by atoms with E-state index in [1.165, 1.54) is 13.1 Å². The lowest BCUT2D eigenvalue weighted by molar-refractivity contribution is -0.138. The molecule has 2 aliphatic rings. The molecule has 1 fully saturated rings. The molecule has 126 valence electrons. The highest BCUT2D eigenvalue weighted by atomic mass is 16.5. The number of hydrogen-bond donors (Lipinski definition) is 1. The summed E-state index contributed by atoms with van der Waals surface area (Å²) in [4.78, 5) is 38.4. The Morgan fingerprint density at radius 3 is 2.83 bits per heavy atom. The second kappa shape index (κ2) is 5.78. The van der Waals surface area contributed by atoms with E-state index >= 15 is 0 Å². The van der Waals surface area contributed by atoms with Crippen LogP contribution in [0.4, 0.5) is 4.79 Å². The first-order valence-electron chi connectivity index (χ1n) is 7.85. The van der Waals surface area contributed by atoms with E-state index in [2.05, 4.69) is 11.9 Å². The standard InChI is InChI=1S/C18H20N2O4/c1-4-9-24-17(23)19-18(2)13-8-6-5-7-11(13)10-12-14(18)16(22)20(3)15(12)21/h4-8,12,14H,1,9-10H2,2-3H3,(H,19,23)/t12-,14+,18-/m1/s1. The molecule has 1 heterocycles. The molecule has 1 aromatic rings. The largest absolute Gasteiger partial charge is 0.445 e. The van der Waals surface area contributed by atoms with E-state index in [4.69, 9.17) is 4.74 Å². The summed E-state index contributed by atoms with van der Waals surface area (Å²) in [5.41, 5.74) is 0.801. The molecule has 1 saturated heterocycles. The zero-order chi connectivity index (χ0) is 17.5. The van der Waals surface area contributed by atoms with Crippen molar-refractivity contribution in [3.8, 4) is 0 Å². The van der Waals surface area contributed by atoms with E-state index in [0.29, 0.717) is 6.42 Å². The van der Waals surface area contributed by atoms with Gasteiger partial charge in [0.25, 0.3) is 0 Å². The molecule has 1 aliphatic heterocycles. The third kappa shape index (κ3) is 2.29. The summed E-state index contributed by atoms with van der Waals surface area (Å²) in [6.07, 6.45) is 1.33. The lowest BCUT2D eigenvalue weighted by Crippen LogP contribution is -2.55. The monoisotopic (exact) mass is 328 g/mol. The highest BCUT2D eigenvalue weighted by Crippen LogP contribution is 2.47. The first-order chi connectivity index (χ1) is 11.4. The zero-order valence-corrected chi connectivity index (χ0v) is 13.7. The molecule has 24 heavy (non-hydrogen) atoms. The van der Waals surface area contributed by atoms with Gasteiger partial charge >= 0.3 is 6.09 Å². The average molecular weight is 328 g/mol. The van der Waals surface area contributed by atoms with Gasteiger partial charge in [-0.15, -0.1) is 0 Å². The first-order valence-corrected chi connectivity index (χ1v) is 7.85. The molecule has 3 atom stereocenters. The maximum atomic E-state index is 12.7. The average Bonchev–Trinajstić information content (AvgIpc) is 2.78. The normalized spacial score (nSPS) is 28.2. The number of alkyl carbamates (subject to hydrolysis) is 1. The highest BCUT2D eigenvalue weighted by molar-refractivity contribution is 6.06. The minimum atomic E-state index is -1.00. The Hall–Kier alpha value is -2.63. The zero-order valence-electron chi connectivity index (χ0n) is 13.7. The van der Waals surface area contributed by atoms with E-state index in [1.807, 2.05) is 24.3 Å². The van der Waals surface area contributed by atoms with Gasteiger partial charge in [-0.1, -0.05) is 36.9 Å². The lowest BCUT2D eigenvalue weighted by atomic mass is 9.66. The Labute approximate surface area is 140 Å². The molecule has 0 saturated carbocycles. The number of amides is 3. The van der Waals surface area contributed by atoms with Crippen molar-refractivity contribution in [2.45, 2.75) is 18.9 Å². The van der Waals surface area contributed by atoms with Crippen LogP contribution in [0.15, 0.2) is 36.9 Å². The number of ether oxygens (including phenoxy) is 1. The lowest BCUT2D eigenvalue weighted by Gasteiger charge is -2.42. The topological polar surface area (TPSA) is 75.7 Å². The number of nitrogens with one attached hydrogen (secondary N) is 1. The van der Waals surface area contributed by atoms with Crippen molar-refractivity contribution in [2.24, 2.45) is 11.8 Å². The van der Waals surface area contributed by atoms with Crippen LogP contribution in [-0.2, 0) is 26.3 Å². The fraction of sp³-hybridized carbons (Fsp3) is 0.389. The molecule has 1 N–H and O–H groups in total. The molecule has 0 radical (unpaired) electrons. The minimum absolute atomic E-state index is 0.0738. The van der Waals surface area contributed by atoms with Gasteiger partial charge in [0.05, 0.1) is 17.4 Å². The molecule has 6 nitrogen and oxygen atoms in total. The molecule has 0 aromatic heterocycles. The summed E-state index contributed by atoms with van der Waals surface area (Å²) in [5.74, 6) is -1.58. The van der Waals surface area contributed by atoms with Gasteiger partial charge in [-0.3, -0.25) is 14.5 Å². The molecule has 3 rings (SSSR count). The van der Waals surface area contributed by atoms with Crippen LogP contribution < -0.4 is 5.32 Å². The Morgan fingerprint density at radius 2 is 2.12 bits per heavy atom. The van der Waals surface area contributed by atoms with E-state index in [1.54, 1.807) is 6.92 Å². The van der Waals surface area contributed by atoms with Crippen molar-refractivity contribution in [1.29, 1.82) is 0 Å². The van der Waals surface area contributed by atoms with Crippen LogP contribution in [0.25, 0.3) is 0 Å². The smallest absolute Gasteiger partial charge is 0.408 e. The molecule has 3 amide bonds. The molecule has 0 unspecified atom stereocenters. The Kier molecular flexibility index (Phi) is 3.91. The van der Waals surface area contributed by atoms with Crippen molar-refractivity contribution in [3.05, 3.63) is 48.0 Å². The van der Waals surface area contributed by atoms with Gasteiger partial charge in [-0.05, 0) is 24.5 Å². The predicted molar refractivity (Wildman–Crippen MR) is 86.9 cm³/mol. The minimum Gasteiger partial charge on any atom is -0.445 e. The molecule has 0 bridgehead atoms. The number of carbonyl (C=O) groups is 3. The first kappa shape index (κ1) is 16.2. The van der Waals surface area contributed by atoms with E-state index < -0.39 is 23.5 Å². The van der Waals surface area contributed by atoms with Gasteiger partial charge in [0.15, 0.2) is 0 Å². The third-order valence-corrected chi connectivity index (χ3v) is 4.98. The summed E-state index contributed by atoms with van der Waals surface area (Å²) in [7, 11) is 1.49. The fourth-order valence-electron chi connectivity index (χ4n) is 3.87. The van der Waals surface area contributed by atoms with Gasteiger partial charge in [0.1, 0.15) is 6.61 Å². The number of carbonyl (C=O) groups excluding carboxylic acids is 3. The molecule has 1 aliphatic carbocycles. The Morgan fingerprint density at radius 1 is 1.42 bits per heavy atom. The second-order valence-electron chi connectivity index (χ2n) is 6.40. The summed E-state index contributed by atoms with van der Waals surface area (Å²) < 4.78 is 5.03. The number of nitrogens with zero attached hydrogens (tertiary/aromatic N) is 1. The van der Waals surface area contributed by atoms with Crippen LogP contribution in [0.2, 0.25) is 0 Å². The number of likely N-dealkylation sites (tertiary alicyclic amines) is 1.